The van der Waals surface area contributed by atoms with Crippen molar-refractivity contribution in [2.75, 3.05) is 0 Å². The van der Waals surface area contributed by atoms with Crippen LogP contribution in [0.4, 0.5) is 0 Å². The van der Waals surface area contributed by atoms with Crippen molar-refractivity contribution in [1.29, 1.82) is 0 Å². The minimum Gasteiger partial charge on any atom is -0.0686 e. The fourth-order valence-corrected chi connectivity index (χ4v) is 9.55. The summed E-state index contributed by atoms with van der Waals surface area (Å²) in [5.74, 6) is 0. The van der Waals surface area contributed by atoms with Gasteiger partial charge >= 0.3 is 0 Å². The lowest BCUT2D eigenvalue weighted by Gasteiger charge is -2.36. The van der Waals surface area contributed by atoms with Crippen molar-refractivity contribution in [2.45, 2.75) is 11.8 Å². The second-order valence-electron chi connectivity index (χ2n) is 15.7. The third kappa shape index (κ3) is 5.77. The smallest absolute Gasteiger partial charge is 0.0426 e. The average Bonchev–Trinajstić information content (AvgIpc) is 3.63. The van der Waals surface area contributed by atoms with Gasteiger partial charge in [-0.05, 0) is 130 Å². The van der Waals surface area contributed by atoms with Crippen LogP contribution in [-0.2, 0) is 5.41 Å². The van der Waals surface area contributed by atoms with E-state index in [0.717, 1.165) is 6.42 Å². The largest absolute Gasteiger partial charge is 0.0686 e. The highest BCUT2D eigenvalue weighted by atomic mass is 14.4. The minimum absolute atomic E-state index is 0.331. The molecule has 0 bridgehead atoms. The van der Waals surface area contributed by atoms with E-state index < -0.39 is 0 Å². The quantitative estimate of drug-likeness (QED) is 0.153. The molecule has 0 saturated carbocycles. The highest BCUT2D eigenvalue weighted by Gasteiger charge is 2.39. The molecule has 0 amide bonds. The van der Waals surface area contributed by atoms with Crippen LogP contribution in [0.1, 0.15) is 28.7 Å². The molecule has 0 heteroatoms. The normalized spacial score (nSPS) is 15.4. The maximum Gasteiger partial charge on any atom is 0.0426 e. The lowest BCUT2D eigenvalue weighted by molar-refractivity contribution is 0.660. The number of rotatable bonds is 7. The van der Waals surface area contributed by atoms with E-state index in [1.54, 1.807) is 0 Å². The van der Waals surface area contributed by atoms with Gasteiger partial charge in [0.1, 0.15) is 0 Å². The van der Waals surface area contributed by atoms with Crippen LogP contribution in [-0.4, -0.2) is 0 Å². The Bertz CT molecular complexity index is 3060. The number of hydrogen-bond acceptors (Lipinski definition) is 0. The summed E-state index contributed by atoms with van der Waals surface area (Å²) in [5, 5.41) is 2.67. The Hall–Kier alpha value is -7.28. The molecule has 2 aliphatic carbocycles. The first-order valence-corrected chi connectivity index (χ1v) is 20.3. The van der Waals surface area contributed by atoms with Crippen LogP contribution < -0.4 is 0 Å². The van der Waals surface area contributed by atoms with Gasteiger partial charge in [0, 0.05) is 5.41 Å². The first-order chi connectivity index (χ1) is 28.7. The van der Waals surface area contributed by atoms with Crippen molar-refractivity contribution in [2.24, 2.45) is 0 Å². The van der Waals surface area contributed by atoms with E-state index in [9.17, 15) is 0 Å². The van der Waals surface area contributed by atoms with E-state index in [2.05, 4.69) is 231 Å². The van der Waals surface area contributed by atoms with Crippen molar-refractivity contribution in [3.8, 4) is 55.6 Å². The van der Waals surface area contributed by atoms with E-state index in [0.29, 0.717) is 0 Å². The van der Waals surface area contributed by atoms with Crippen LogP contribution in [0.15, 0.2) is 231 Å². The Kier molecular flexibility index (Phi) is 8.23. The first kappa shape index (κ1) is 34.0. The maximum atomic E-state index is 2.49. The second kappa shape index (κ2) is 14.0. The highest BCUT2D eigenvalue weighted by molar-refractivity contribution is 6.19. The summed E-state index contributed by atoms with van der Waals surface area (Å²) < 4.78 is 0. The monoisotopic (exact) mass is 736 g/mol. The van der Waals surface area contributed by atoms with Gasteiger partial charge in [0.05, 0.1) is 0 Å². The predicted octanol–water partition coefficient (Wildman–Crippen LogP) is 15.3. The number of hydrogen-bond donors (Lipinski definition) is 0. The van der Waals surface area contributed by atoms with Crippen molar-refractivity contribution in [3.05, 3.63) is 253 Å². The SMILES string of the molecule is C1=CC(c2ccccc2)(c2cccc(-c3cccc(-c4ccccc4)c3)c2)CC2=C1c1ccc(-c3cccc(-c4cccc(-c5ccccc5)c4)c3)c3cccc2c13. The summed E-state index contributed by atoms with van der Waals surface area (Å²) in [6, 6.07) is 80.2. The first-order valence-electron chi connectivity index (χ1n) is 20.3. The summed E-state index contributed by atoms with van der Waals surface area (Å²) in [6.45, 7) is 0. The number of fused-ring (bicyclic) bond motifs is 2. The fraction of sp³-hybridized carbons (Fsp3) is 0.0345. The summed E-state index contributed by atoms with van der Waals surface area (Å²) >= 11 is 0. The zero-order valence-corrected chi connectivity index (χ0v) is 32.1. The topological polar surface area (TPSA) is 0 Å². The molecule has 272 valence electrons. The standard InChI is InChI=1S/C58H40/c1-4-15-40(16-5-1)42-19-10-21-44(35-42)46-23-12-25-48(37-46)51-31-32-55-52-33-34-58(49-26-8-3-9-27-49,39-56(52)54-30-14-29-53(51)57(54)55)50-28-13-24-47(38-50)45-22-11-20-43(36-45)41-17-6-2-7-18-41/h1-38H,39H2. The molecule has 1 atom stereocenters. The molecular weight excluding hydrogens is 697 g/mol. The lowest BCUT2D eigenvalue weighted by atomic mass is 9.66. The molecule has 9 aromatic carbocycles. The highest BCUT2D eigenvalue weighted by Crippen LogP contribution is 2.54. The minimum atomic E-state index is -0.331. The summed E-state index contributed by atoms with van der Waals surface area (Å²) in [5.41, 5.74) is 20.1. The molecule has 0 spiro atoms. The Morgan fingerprint density at radius 1 is 0.310 bits per heavy atom. The van der Waals surface area contributed by atoms with Gasteiger partial charge in [0.15, 0.2) is 0 Å². The van der Waals surface area contributed by atoms with Crippen LogP contribution in [0.3, 0.4) is 0 Å². The number of allylic oxidation sites excluding steroid dienone is 4. The van der Waals surface area contributed by atoms with Gasteiger partial charge in [-0.1, -0.05) is 206 Å². The molecule has 9 aromatic rings. The predicted molar refractivity (Wildman–Crippen MR) is 245 cm³/mol. The molecule has 1 unspecified atom stereocenters. The van der Waals surface area contributed by atoms with Crippen LogP contribution >= 0.6 is 0 Å². The molecule has 0 aliphatic heterocycles. The Morgan fingerprint density at radius 3 is 1.38 bits per heavy atom. The van der Waals surface area contributed by atoms with Gasteiger partial charge in [-0.25, -0.2) is 0 Å². The van der Waals surface area contributed by atoms with Gasteiger partial charge in [-0.15, -0.1) is 0 Å². The van der Waals surface area contributed by atoms with Gasteiger partial charge in [-0.3, -0.25) is 0 Å². The van der Waals surface area contributed by atoms with E-state index in [1.165, 1.54) is 99.8 Å². The third-order valence-electron chi connectivity index (χ3n) is 12.4. The van der Waals surface area contributed by atoms with Crippen LogP contribution in [0.25, 0.3) is 77.6 Å². The van der Waals surface area contributed by atoms with Crippen molar-refractivity contribution < 1.29 is 0 Å². The van der Waals surface area contributed by atoms with E-state index in [-0.39, 0.29) is 5.41 Å². The van der Waals surface area contributed by atoms with Crippen molar-refractivity contribution in [3.63, 3.8) is 0 Å². The third-order valence-corrected chi connectivity index (χ3v) is 12.4. The Balaban J connectivity index is 0.982. The van der Waals surface area contributed by atoms with Gasteiger partial charge in [-0.2, -0.15) is 0 Å². The lowest BCUT2D eigenvalue weighted by Crippen LogP contribution is -2.27. The van der Waals surface area contributed by atoms with E-state index in [1.807, 2.05) is 0 Å². The Morgan fingerprint density at radius 2 is 0.759 bits per heavy atom. The van der Waals surface area contributed by atoms with Gasteiger partial charge in [0.25, 0.3) is 0 Å². The van der Waals surface area contributed by atoms with Crippen LogP contribution in [0.2, 0.25) is 0 Å². The Labute approximate surface area is 340 Å². The molecule has 0 heterocycles. The molecule has 0 aromatic heterocycles. The molecule has 2 aliphatic rings. The van der Waals surface area contributed by atoms with Crippen molar-refractivity contribution in [1.82, 2.24) is 0 Å². The molecule has 0 nitrogen and oxygen atoms in total. The van der Waals surface area contributed by atoms with E-state index >= 15 is 0 Å². The van der Waals surface area contributed by atoms with Crippen molar-refractivity contribution >= 4 is 21.9 Å². The zero-order chi connectivity index (χ0) is 38.5. The summed E-state index contributed by atoms with van der Waals surface area (Å²) in [4.78, 5) is 0. The van der Waals surface area contributed by atoms with Gasteiger partial charge < -0.3 is 0 Å². The summed E-state index contributed by atoms with van der Waals surface area (Å²) in [6.07, 6.45) is 5.79. The molecule has 11 rings (SSSR count). The molecular formula is C58H40. The molecule has 0 radical (unpaired) electrons. The zero-order valence-electron chi connectivity index (χ0n) is 32.1. The molecule has 58 heavy (non-hydrogen) atoms. The molecule has 0 N–H and O–H groups in total. The second-order valence-corrected chi connectivity index (χ2v) is 15.7. The van der Waals surface area contributed by atoms with Crippen LogP contribution in [0.5, 0.6) is 0 Å². The maximum absolute atomic E-state index is 2.49. The average molecular weight is 737 g/mol. The fourth-order valence-electron chi connectivity index (χ4n) is 9.55. The van der Waals surface area contributed by atoms with Crippen LogP contribution in [0, 0.1) is 0 Å². The summed E-state index contributed by atoms with van der Waals surface area (Å²) in [7, 11) is 0. The molecule has 0 fully saturated rings. The molecule has 0 saturated heterocycles. The number of benzene rings is 9. The van der Waals surface area contributed by atoms with E-state index in [4.69, 9.17) is 0 Å². The van der Waals surface area contributed by atoms with Gasteiger partial charge in [0.2, 0.25) is 0 Å².